The molecule has 1 aromatic heterocycles. The number of hydrogen-bond acceptors (Lipinski definition) is 3. The molecule has 0 saturated carbocycles. The zero-order chi connectivity index (χ0) is 12.7. The molecule has 1 heterocycles. The van der Waals surface area contributed by atoms with Crippen molar-refractivity contribution in [2.45, 2.75) is 46.6 Å². The van der Waals surface area contributed by atoms with Crippen LogP contribution in [-0.4, -0.2) is 29.2 Å². The first-order chi connectivity index (χ1) is 8.26. The number of likely N-dealkylation sites (N-methyl/N-ethyl adjacent to an activating group) is 1. The topological polar surface area (TPSA) is 47.1 Å². The molecule has 0 spiro atoms. The van der Waals surface area contributed by atoms with Crippen molar-refractivity contribution in [3.8, 4) is 0 Å². The minimum atomic E-state index is 0.677. The summed E-state index contributed by atoms with van der Waals surface area (Å²) in [6.45, 7) is 10.1. The summed E-state index contributed by atoms with van der Waals surface area (Å²) in [6, 6.07) is 0. The number of aryl methyl sites for hydroxylation is 2. The van der Waals surface area contributed by atoms with Crippen molar-refractivity contribution < 1.29 is 0 Å². The van der Waals surface area contributed by atoms with Crippen molar-refractivity contribution in [2.75, 3.05) is 24.5 Å². The van der Waals surface area contributed by atoms with Crippen LogP contribution in [0.3, 0.4) is 0 Å². The molecule has 4 nitrogen and oxygen atoms in total. The van der Waals surface area contributed by atoms with Gasteiger partial charge in [-0.2, -0.15) is 0 Å². The number of hydrogen-bond donors (Lipinski definition) is 1. The standard InChI is InChI=1S/C13H26N4/c1-4-7-9-17-11-12(5-2)15-13(17)16(6-3)10-8-14/h11H,4-10,14H2,1-3H3. The van der Waals surface area contributed by atoms with Gasteiger partial charge in [-0.15, -0.1) is 0 Å². The van der Waals surface area contributed by atoms with Gasteiger partial charge in [0.15, 0.2) is 0 Å². The largest absolute Gasteiger partial charge is 0.341 e. The Kier molecular flexibility index (Phi) is 6.05. The quantitative estimate of drug-likeness (QED) is 0.754. The average Bonchev–Trinajstić information content (AvgIpc) is 2.76. The van der Waals surface area contributed by atoms with Gasteiger partial charge < -0.3 is 15.2 Å². The van der Waals surface area contributed by atoms with E-state index in [0.29, 0.717) is 6.54 Å². The van der Waals surface area contributed by atoms with E-state index >= 15 is 0 Å². The maximum absolute atomic E-state index is 5.65. The lowest BCUT2D eigenvalue weighted by Crippen LogP contribution is -2.31. The Morgan fingerprint density at radius 2 is 2.12 bits per heavy atom. The zero-order valence-corrected chi connectivity index (χ0v) is 11.4. The fourth-order valence-corrected chi connectivity index (χ4v) is 1.93. The van der Waals surface area contributed by atoms with Crippen LogP contribution in [0.1, 0.15) is 39.3 Å². The molecule has 0 atom stereocenters. The van der Waals surface area contributed by atoms with Crippen LogP contribution in [0.2, 0.25) is 0 Å². The summed E-state index contributed by atoms with van der Waals surface area (Å²) in [6.07, 6.45) is 5.59. The van der Waals surface area contributed by atoms with Crippen LogP contribution >= 0.6 is 0 Å². The van der Waals surface area contributed by atoms with E-state index in [9.17, 15) is 0 Å². The van der Waals surface area contributed by atoms with Crippen LogP contribution in [-0.2, 0) is 13.0 Å². The second-order valence-electron chi connectivity index (χ2n) is 4.30. The molecule has 0 radical (unpaired) electrons. The number of nitrogens with two attached hydrogens (primary N) is 1. The monoisotopic (exact) mass is 238 g/mol. The maximum atomic E-state index is 5.65. The molecule has 0 saturated heterocycles. The highest BCUT2D eigenvalue weighted by atomic mass is 15.3. The van der Waals surface area contributed by atoms with Gasteiger partial charge in [-0.25, -0.2) is 4.98 Å². The van der Waals surface area contributed by atoms with Crippen LogP contribution in [0, 0.1) is 0 Å². The van der Waals surface area contributed by atoms with Crippen LogP contribution in [0.25, 0.3) is 0 Å². The van der Waals surface area contributed by atoms with Gasteiger partial charge in [-0.3, -0.25) is 0 Å². The van der Waals surface area contributed by atoms with E-state index in [2.05, 4.69) is 36.4 Å². The van der Waals surface area contributed by atoms with Gasteiger partial charge in [0.05, 0.1) is 5.69 Å². The third-order valence-corrected chi connectivity index (χ3v) is 2.98. The van der Waals surface area contributed by atoms with Crippen molar-refractivity contribution in [2.24, 2.45) is 5.73 Å². The fraction of sp³-hybridized carbons (Fsp3) is 0.769. The summed E-state index contributed by atoms with van der Waals surface area (Å²) in [5.41, 5.74) is 6.83. The van der Waals surface area contributed by atoms with Gasteiger partial charge in [-0.1, -0.05) is 20.3 Å². The highest BCUT2D eigenvalue weighted by molar-refractivity contribution is 5.33. The number of rotatable bonds is 8. The summed E-state index contributed by atoms with van der Waals surface area (Å²) >= 11 is 0. The Balaban J connectivity index is 2.88. The number of aromatic nitrogens is 2. The lowest BCUT2D eigenvalue weighted by molar-refractivity contribution is 0.616. The van der Waals surface area contributed by atoms with E-state index in [1.165, 1.54) is 18.5 Å². The number of nitrogens with zero attached hydrogens (tertiary/aromatic N) is 3. The number of imidazole rings is 1. The van der Waals surface area contributed by atoms with Gasteiger partial charge in [0.1, 0.15) is 0 Å². The Labute approximate surface area is 105 Å². The fourth-order valence-electron chi connectivity index (χ4n) is 1.93. The molecular formula is C13H26N4. The Morgan fingerprint density at radius 1 is 1.35 bits per heavy atom. The van der Waals surface area contributed by atoms with E-state index in [0.717, 1.165) is 32.0 Å². The average molecular weight is 238 g/mol. The van der Waals surface area contributed by atoms with Crippen molar-refractivity contribution in [1.29, 1.82) is 0 Å². The predicted molar refractivity (Wildman–Crippen MR) is 73.5 cm³/mol. The molecule has 17 heavy (non-hydrogen) atoms. The molecule has 0 amide bonds. The second kappa shape index (κ2) is 7.33. The van der Waals surface area contributed by atoms with Gasteiger partial charge in [0, 0.05) is 32.4 Å². The van der Waals surface area contributed by atoms with Crippen molar-refractivity contribution in [3.05, 3.63) is 11.9 Å². The smallest absolute Gasteiger partial charge is 0.205 e. The molecule has 0 aliphatic heterocycles. The highest BCUT2D eigenvalue weighted by Gasteiger charge is 2.12. The second-order valence-corrected chi connectivity index (χ2v) is 4.30. The molecule has 0 aromatic carbocycles. The minimum absolute atomic E-state index is 0.677. The minimum Gasteiger partial charge on any atom is -0.341 e. The molecule has 0 aliphatic rings. The van der Waals surface area contributed by atoms with Crippen molar-refractivity contribution >= 4 is 5.95 Å². The van der Waals surface area contributed by atoms with Gasteiger partial charge >= 0.3 is 0 Å². The first-order valence-corrected chi connectivity index (χ1v) is 6.77. The SMILES string of the molecule is CCCCn1cc(CC)nc1N(CC)CCN. The number of anilines is 1. The molecule has 2 N–H and O–H groups in total. The van der Waals surface area contributed by atoms with Crippen LogP contribution < -0.4 is 10.6 Å². The molecule has 0 fully saturated rings. The Hall–Kier alpha value is -1.03. The van der Waals surface area contributed by atoms with Gasteiger partial charge in [-0.05, 0) is 19.8 Å². The van der Waals surface area contributed by atoms with E-state index in [4.69, 9.17) is 10.7 Å². The normalized spacial score (nSPS) is 10.8. The molecule has 1 aromatic rings. The van der Waals surface area contributed by atoms with Gasteiger partial charge in [0.25, 0.3) is 0 Å². The Bertz CT molecular complexity index is 319. The van der Waals surface area contributed by atoms with Gasteiger partial charge in [0.2, 0.25) is 5.95 Å². The summed E-state index contributed by atoms with van der Waals surface area (Å²) in [4.78, 5) is 6.96. The van der Waals surface area contributed by atoms with E-state index in [1.54, 1.807) is 0 Å². The molecule has 1 rings (SSSR count). The van der Waals surface area contributed by atoms with Crippen molar-refractivity contribution in [1.82, 2.24) is 9.55 Å². The summed E-state index contributed by atoms with van der Waals surface area (Å²) in [7, 11) is 0. The Morgan fingerprint density at radius 3 is 2.65 bits per heavy atom. The van der Waals surface area contributed by atoms with E-state index in [1.807, 2.05) is 0 Å². The first-order valence-electron chi connectivity index (χ1n) is 6.77. The van der Waals surface area contributed by atoms with E-state index < -0.39 is 0 Å². The summed E-state index contributed by atoms with van der Waals surface area (Å²) in [5, 5.41) is 0. The molecule has 0 unspecified atom stereocenters. The highest BCUT2D eigenvalue weighted by Crippen LogP contribution is 2.15. The summed E-state index contributed by atoms with van der Waals surface area (Å²) in [5.74, 6) is 1.09. The van der Waals surface area contributed by atoms with Crippen LogP contribution in [0.5, 0.6) is 0 Å². The van der Waals surface area contributed by atoms with Crippen LogP contribution in [0.15, 0.2) is 6.20 Å². The number of unbranched alkanes of at least 4 members (excludes halogenated alkanes) is 1. The third-order valence-electron chi connectivity index (χ3n) is 2.98. The molecular weight excluding hydrogens is 212 g/mol. The summed E-state index contributed by atoms with van der Waals surface area (Å²) < 4.78 is 2.28. The zero-order valence-electron chi connectivity index (χ0n) is 11.4. The molecule has 0 aliphatic carbocycles. The lowest BCUT2D eigenvalue weighted by Gasteiger charge is -2.22. The van der Waals surface area contributed by atoms with Crippen LogP contribution in [0.4, 0.5) is 5.95 Å². The molecule has 0 bridgehead atoms. The third kappa shape index (κ3) is 3.73. The molecule has 98 valence electrons. The predicted octanol–water partition coefficient (Wildman–Crippen LogP) is 2.03. The molecule has 4 heteroatoms. The van der Waals surface area contributed by atoms with E-state index in [-0.39, 0.29) is 0 Å². The maximum Gasteiger partial charge on any atom is 0.205 e. The first kappa shape index (κ1) is 14.0. The van der Waals surface area contributed by atoms with Crippen molar-refractivity contribution in [3.63, 3.8) is 0 Å². The lowest BCUT2D eigenvalue weighted by atomic mass is 10.3.